The monoisotopic (exact) mass is 214 g/mol. The van der Waals surface area contributed by atoms with Crippen LogP contribution in [0.1, 0.15) is 27.7 Å². The molecule has 1 heterocycles. The summed E-state index contributed by atoms with van der Waals surface area (Å²) < 4.78 is 0. The van der Waals surface area contributed by atoms with E-state index >= 15 is 0 Å². The summed E-state index contributed by atoms with van der Waals surface area (Å²) in [6.07, 6.45) is 0. The van der Waals surface area contributed by atoms with Crippen LogP contribution in [-0.4, -0.2) is 30.0 Å². The summed E-state index contributed by atoms with van der Waals surface area (Å²) in [5.41, 5.74) is 5.12. The van der Waals surface area contributed by atoms with E-state index in [1.807, 2.05) is 13.8 Å². The minimum Gasteiger partial charge on any atom is -0.409 e. The molecular weight excluding hydrogens is 192 g/mol. The Morgan fingerprint density at radius 2 is 2.07 bits per heavy atom. The lowest BCUT2D eigenvalue weighted by atomic mass is 10.2. The van der Waals surface area contributed by atoms with Gasteiger partial charge < -0.3 is 16.3 Å². The zero-order valence-electron chi connectivity index (χ0n) is 9.99. The number of nitrogens with one attached hydrogen (secondary N) is 1. The number of nitrogens with two attached hydrogens (primary N) is 1. The van der Waals surface area contributed by atoms with Crippen LogP contribution in [0.2, 0.25) is 0 Å². The van der Waals surface area contributed by atoms with Crippen LogP contribution in [0.5, 0.6) is 0 Å². The van der Waals surface area contributed by atoms with Gasteiger partial charge in [-0.2, -0.15) is 0 Å². The summed E-state index contributed by atoms with van der Waals surface area (Å²) in [6.45, 7) is 10.0. The number of aliphatic imine (C=N–C) groups is 1. The molecule has 0 unspecified atom stereocenters. The number of rotatable bonds is 2. The van der Waals surface area contributed by atoms with Crippen molar-refractivity contribution in [3.63, 3.8) is 0 Å². The minimum absolute atomic E-state index is 0.144. The molecule has 0 aliphatic carbocycles. The van der Waals surface area contributed by atoms with Crippen LogP contribution >= 0.6 is 0 Å². The average molecular weight is 214 g/mol. The van der Waals surface area contributed by atoms with Gasteiger partial charge in [-0.05, 0) is 0 Å². The molecule has 0 aromatic carbocycles. The van der Waals surface area contributed by atoms with Crippen molar-refractivity contribution in [3.8, 4) is 0 Å². The summed E-state index contributed by atoms with van der Waals surface area (Å²) >= 11 is 0. The molecule has 15 heavy (non-hydrogen) atoms. The van der Waals surface area contributed by atoms with Crippen LogP contribution in [0.25, 0.3) is 0 Å². The lowest BCUT2D eigenvalue weighted by Crippen LogP contribution is -2.23. The average Bonchev–Trinajstić information content (AvgIpc) is 2.70. The molecule has 5 nitrogen and oxygen atoms in total. The maximum atomic E-state index is 7.97. The van der Waals surface area contributed by atoms with Gasteiger partial charge in [-0.1, -0.05) is 32.9 Å². The maximum absolute atomic E-state index is 7.97. The quantitative estimate of drug-likeness (QED) is 0.278. The molecule has 4 N–H and O–H groups in total. The zero-order chi connectivity index (χ0) is 11.8. The molecule has 0 fully saturated rings. The fraction of sp³-hybridized carbons (Fsp3) is 0.800. The second kappa shape index (κ2) is 7.09. The van der Waals surface area contributed by atoms with Crippen molar-refractivity contribution in [1.29, 1.82) is 0 Å². The topological polar surface area (TPSA) is 83.0 Å². The van der Waals surface area contributed by atoms with Crippen molar-refractivity contribution < 1.29 is 5.21 Å². The van der Waals surface area contributed by atoms with Gasteiger partial charge in [0.1, 0.15) is 5.84 Å². The molecule has 0 radical (unpaired) electrons. The highest BCUT2D eigenvalue weighted by atomic mass is 16.4. The predicted molar refractivity (Wildman–Crippen MR) is 63.4 cm³/mol. The molecule has 1 aliphatic rings. The van der Waals surface area contributed by atoms with Crippen LogP contribution in [0.3, 0.4) is 0 Å². The molecule has 0 bridgehead atoms. The fourth-order valence-corrected chi connectivity index (χ4v) is 0.918. The van der Waals surface area contributed by atoms with E-state index in [0.29, 0.717) is 5.92 Å². The van der Waals surface area contributed by atoms with E-state index in [1.54, 1.807) is 0 Å². The van der Waals surface area contributed by atoms with E-state index in [2.05, 4.69) is 29.3 Å². The summed E-state index contributed by atoms with van der Waals surface area (Å²) in [5, 5.41) is 14.0. The first-order valence-corrected chi connectivity index (χ1v) is 5.24. The third kappa shape index (κ3) is 5.93. The third-order valence-corrected chi connectivity index (χ3v) is 1.95. The van der Waals surface area contributed by atoms with Crippen molar-refractivity contribution in [2.75, 3.05) is 13.1 Å². The van der Waals surface area contributed by atoms with Crippen molar-refractivity contribution in [2.24, 2.45) is 27.7 Å². The number of amidine groups is 2. The second-order valence-corrected chi connectivity index (χ2v) is 4.03. The van der Waals surface area contributed by atoms with E-state index < -0.39 is 0 Å². The number of hydrogen-bond acceptors (Lipinski definition) is 4. The van der Waals surface area contributed by atoms with Crippen molar-refractivity contribution in [1.82, 2.24) is 5.32 Å². The molecule has 5 heteroatoms. The van der Waals surface area contributed by atoms with Crippen LogP contribution in [0.15, 0.2) is 10.1 Å². The SMILES string of the molecule is CC(C)/C(N)=N/O.CC(C)C1=NCCN1. The molecule has 0 aromatic heterocycles. The van der Waals surface area contributed by atoms with E-state index in [1.165, 1.54) is 5.84 Å². The number of nitrogens with zero attached hydrogens (tertiary/aromatic N) is 2. The second-order valence-electron chi connectivity index (χ2n) is 4.03. The molecule has 0 atom stereocenters. The molecular formula is C10H22N4O. The lowest BCUT2D eigenvalue weighted by molar-refractivity contribution is 0.315. The van der Waals surface area contributed by atoms with Crippen molar-refractivity contribution in [3.05, 3.63) is 0 Å². The Balaban J connectivity index is 0.000000265. The van der Waals surface area contributed by atoms with Crippen LogP contribution in [0.4, 0.5) is 0 Å². The lowest BCUT2D eigenvalue weighted by Gasteiger charge is -2.02. The zero-order valence-corrected chi connectivity index (χ0v) is 9.99. The van der Waals surface area contributed by atoms with E-state index in [9.17, 15) is 0 Å². The van der Waals surface area contributed by atoms with Crippen LogP contribution in [-0.2, 0) is 0 Å². The Morgan fingerprint density at radius 3 is 2.20 bits per heavy atom. The van der Waals surface area contributed by atoms with Gasteiger partial charge in [0.15, 0.2) is 0 Å². The van der Waals surface area contributed by atoms with Gasteiger partial charge in [0.2, 0.25) is 0 Å². The Morgan fingerprint density at radius 1 is 1.47 bits per heavy atom. The fourth-order valence-electron chi connectivity index (χ4n) is 0.918. The van der Waals surface area contributed by atoms with E-state index in [-0.39, 0.29) is 11.8 Å². The largest absolute Gasteiger partial charge is 0.409 e. The van der Waals surface area contributed by atoms with Crippen molar-refractivity contribution >= 4 is 11.7 Å². The van der Waals surface area contributed by atoms with E-state index in [0.717, 1.165) is 13.1 Å². The Labute approximate surface area is 91.5 Å². The van der Waals surface area contributed by atoms with Crippen molar-refractivity contribution in [2.45, 2.75) is 27.7 Å². The normalized spacial score (nSPS) is 15.9. The van der Waals surface area contributed by atoms with Gasteiger partial charge in [-0.25, -0.2) is 0 Å². The Kier molecular flexibility index (Phi) is 6.49. The molecule has 0 spiro atoms. The summed E-state index contributed by atoms with van der Waals surface area (Å²) in [7, 11) is 0. The first kappa shape index (κ1) is 13.7. The number of hydrogen-bond donors (Lipinski definition) is 3. The Hall–Kier alpha value is -1.26. The van der Waals surface area contributed by atoms with Gasteiger partial charge in [-0.3, -0.25) is 4.99 Å². The summed E-state index contributed by atoms with van der Waals surface area (Å²) in [4.78, 5) is 4.24. The summed E-state index contributed by atoms with van der Waals surface area (Å²) in [6, 6.07) is 0. The molecule has 0 saturated carbocycles. The van der Waals surface area contributed by atoms with Gasteiger partial charge >= 0.3 is 0 Å². The van der Waals surface area contributed by atoms with Gasteiger partial charge in [0, 0.05) is 18.4 Å². The molecule has 1 rings (SSSR count). The first-order chi connectivity index (χ1) is 6.99. The number of oxime groups is 1. The van der Waals surface area contributed by atoms with Gasteiger partial charge in [-0.15, -0.1) is 0 Å². The predicted octanol–water partition coefficient (Wildman–Crippen LogP) is 1.03. The highest BCUT2D eigenvalue weighted by Crippen LogP contribution is 1.97. The third-order valence-electron chi connectivity index (χ3n) is 1.95. The standard InChI is InChI=1S/C6H12N2.C4H10N2O/c1-5(2)6-7-3-4-8-6;1-3(2)4(5)6-7/h5H,3-4H2,1-2H3,(H,7,8);3,7H,1-2H3,(H2,5,6). The van der Waals surface area contributed by atoms with Crippen LogP contribution < -0.4 is 11.1 Å². The molecule has 1 aliphatic heterocycles. The van der Waals surface area contributed by atoms with Crippen LogP contribution in [0, 0.1) is 11.8 Å². The molecule has 0 saturated heterocycles. The Bertz CT molecular complexity index is 234. The minimum atomic E-state index is 0.144. The molecule has 88 valence electrons. The smallest absolute Gasteiger partial charge is 0.141 e. The highest BCUT2D eigenvalue weighted by Gasteiger charge is 2.07. The molecule has 0 aromatic rings. The summed E-state index contributed by atoms with van der Waals surface area (Å²) in [5.74, 6) is 2.17. The molecule has 0 amide bonds. The first-order valence-electron chi connectivity index (χ1n) is 5.24. The highest BCUT2D eigenvalue weighted by molar-refractivity contribution is 5.85. The van der Waals surface area contributed by atoms with E-state index in [4.69, 9.17) is 10.9 Å². The maximum Gasteiger partial charge on any atom is 0.141 e. The van der Waals surface area contributed by atoms with Gasteiger partial charge in [0.05, 0.1) is 12.4 Å². The van der Waals surface area contributed by atoms with Gasteiger partial charge in [0.25, 0.3) is 0 Å².